The number of nitrogens with zero attached hydrogens (tertiary/aromatic N) is 2. The first-order valence-electron chi connectivity index (χ1n) is 7.51. The zero-order chi connectivity index (χ0) is 17.1. The third-order valence-corrected chi connectivity index (χ3v) is 4.76. The van der Waals surface area contributed by atoms with Crippen molar-refractivity contribution >= 4 is 37.8 Å². The van der Waals surface area contributed by atoms with Crippen LogP contribution in [0.5, 0.6) is 5.75 Å². The van der Waals surface area contributed by atoms with Crippen LogP contribution in [0.25, 0.3) is 0 Å². The summed E-state index contributed by atoms with van der Waals surface area (Å²) in [7, 11) is 0. The number of hydrogen-bond donors (Lipinski definition) is 0. The molecule has 1 aromatic carbocycles. The maximum absolute atomic E-state index is 12.4. The third kappa shape index (κ3) is 4.04. The molecule has 2 aromatic rings. The lowest BCUT2D eigenvalue weighted by Crippen LogP contribution is -2.22. The smallest absolute Gasteiger partial charge is 0.284 e. The van der Waals surface area contributed by atoms with Gasteiger partial charge in [-0.05, 0) is 66.4 Å². The summed E-state index contributed by atoms with van der Waals surface area (Å²) in [4.78, 5) is 12.4. The number of hydrogen-bond acceptors (Lipinski definition) is 3. The van der Waals surface area contributed by atoms with E-state index in [1.807, 2.05) is 32.9 Å². The highest BCUT2D eigenvalue weighted by Crippen LogP contribution is 2.32. The molecule has 0 amide bonds. The van der Waals surface area contributed by atoms with Gasteiger partial charge in [-0.3, -0.25) is 4.79 Å². The lowest BCUT2D eigenvalue weighted by atomic mass is 10.1. The van der Waals surface area contributed by atoms with Crippen molar-refractivity contribution in [3.63, 3.8) is 0 Å². The van der Waals surface area contributed by atoms with Crippen LogP contribution in [0.2, 0.25) is 0 Å². The Hall–Kier alpha value is -1.14. The molecule has 0 saturated carbocycles. The van der Waals surface area contributed by atoms with Gasteiger partial charge in [-0.15, -0.1) is 0 Å². The molecule has 23 heavy (non-hydrogen) atoms. The first kappa shape index (κ1) is 18.2. The van der Waals surface area contributed by atoms with Gasteiger partial charge in [0.15, 0.2) is 6.61 Å². The second-order valence-corrected chi connectivity index (χ2v) is 7.30. The van der Waals surface area contributed by atoms with E-state index >= 15 is 0 Å². The number of carbonyl (C=O) groups excluding carboxylic acids is 1. The lowest BCUT2D eigenvalue weighted by Gasteiger charge is -2.11. The molecular weight excluding hydrogens is 424 g/mol. The largest absolute Gasteiger partial charge is 0.482 e. The van der Waals surface area contributed by atoms with Crippen molar-refractivity contribution in [3.05, 3.63) is 43.6 Å². The van der Waals surface area contributed by atoms with Crippen molar-refractivity contribution in [1.29, 1.82) is 0 Å². The molecule has 2 rings (SSSR count). The summed E-state index contributed by atoms with van der Waals surface area (Å²) >= 11 is 6.90. The minimum Gasteiger partial charge on any atom is -0.482 e. The summed E-state index contributed by atoms with van der Waals surface area (Å²) < 4.78 is 8.96. The van der Waals surface area contributed by atoms with E-state index in [0.29, 0.717) is 5.75 Å². The summed E-state index contributed by atoms with van der Waals surface area (Å²) in [6.07, 6.45) is 1.96. The van der Waals surface area contributed by atoms with Gasteiger partial charge in [0.25, 0.3) is 5.91 Å². The highest BCUT2D eigenvalue weighted by Gasteiger charge is 2.17. The quantitative estimate of drug-likeness (QED) is 0.652. The van der Waals surface area contributed by atoms with E-state index in [4.69, 9.17) is 4.74 Å². The van der Waals surface area contributed by atoms with Crippen molar-refractivity contribution in [3.8, 4) is 5.75 Å². The Balaban J connectivity index is 2.16. The van der Waals surface area contributed by atoms with Crippen LogP contribution < -0.4 is 4.74 Å². The number of benzene rings is 1. The van der Waals surface area contributed by atoms with Crippen molar-refractivity contribution < 1.29 is 9.53 Å². The van der Waals surface area contributed by atoms with Crippen LogP contribution in [-0.2, 0) is 6.42 Å². The van der Waals surface area contributed by atoms with Gasteiger partial charge in [0.05, 0.1) is 10.2 Å². The van der Waals surface area contributed by atoms with Crippen LogP contribution in [0.3, 0.4) is 0 Å². The number of ether oxygens (including phenoxy) is 1. The van der Waals surface area contributed by atoms with Crippen LogP contribution in [-0.4, -0.2) is 22.3 Å². The predicted octanol–water partition coefficient (Wildman–Crippen LogP) is 5.01. The SMILES string of the molecule is CCCc1c(C)nn(C(=O)COc2c(C)cc(Br)cc2Br)c1C. The van der Waals surface area contributed by atoms with Crippen LogP contribution in [0.1, 0.15) is 40.7 Å². The van der Waals surface area contributed by atoms with E-state index in [1.54, 1.807) is 0 Å². The molecule has 0 aliphatic carbocycles. The average Bonchev–Trinajstić information content (AvgIpc) is 2.74. The lowest BCUT2D eigenvalue weighted by molar-refractivity contribution is 0.0817. The van der Waals surface area contributed by atoms with Crippen molar-refractivity contribution in [2.45, 2.75) is 40.5 Å². The normalized spacial score (nSPS) is 10.9. The third-order valence-electron chi connectivity index (χ3n) is 3.71. The van der Waals surface area contributed by atoms with E-state index in [0.717, 1.165) is 44.3 Å². The highest BCUT2D eigenvalue weighted by atomic mass is 79.9. The number of carbonyl (C=O) groups is 1. The molecule has 124 valence electrons. The average molecular weight is 444 g/mol. The number of halogens is 2. The molecule has 1 heterocycles. The van der Waals surface area contributed by atoms with Crippen molar-refractivity contribution in [1.82, 2.24) is 9.78 Å². The van der Waals surface area contributed by atoms with E-state index in [2.05, 4.69) is 43.9 Å². The van der Waals surface area contributed by atoms with E-state index in [9.17, 15) is 4.79 Å². The summed E-state index contributed by atoms with van der Waals surface area (Å²) in [6, 6.07) is 3.85. The number of aromatic nitrogens is 2. The van der Waals surface area contributed by atoms with Crippen molar-refractivity contribution in [2.75, 3.05) is 6.61 Å². The van der Waals surface area contributed by atoms with Crippen LogP contribution in [0.15, 0.2) is 21.1 Å². The minimum absolute atomic E-state index is 0.0470. The maximum atomic E-state index is 12.4. The Kier molecular flexibility index (Phi) is 6.03. The second kappa shape index (κ2) is 7.62. The predicted molar refractivity (Wildman–Crippen MR) is 98.4 cm³/mol. The van der Waals surface area contributed by atoms with Gasteiger partial charge in [0, 0.05) is 10.2 Å². The van der Waals surface area contributed by atoms with Gasteiger partial charge in [0.1, 0.15) is 5.75 Å². The van der Waals surface area contributed by atoms with Gasteiger partial charge >= 0.3 is 0 Å². The summed E-state index contributed by atoms with van der Waals surface area (Å²) in [5.74, 6) is 0.513. The molecular formula is C17H20Br2N2O2. The fourth-order valence-electron chi connectivity index (χ4n) is 2.60. The van der Waals surface area contributed by atoms with Gasteiger partial charge in [-0.2, -0.15) is 5.10 Å². The maximum Gasteiger partial charge on any atom is 0.284 e. The molecule has 0 atom stereocenters. The Labute approximate surface area is 153 Å². The zero-order valence-corrected chi connectivity index (χ0v) is 16.9. The molecule has 0 spiro atoms. The first-order valence-corrected chi connectivity index (χ1v) is 9.10. The standard InChI is InChI=1S/C17H20Br2N2O2/c1-5-6-14-11(3)20-21(12(14)4)16(22)9-23-17-10(2)7-13(18)8-15(17)19/h7-8H,5-6,9H2,1-4H3. The fraction of sp³-hybridized carbons (Fsp3) is 0.412. The van der Waals surface area contributed by atoms with Crippen LogP contribution in [0.4, 0.5) is 0 Å². The molecule has 4 nitrogen and oxygen atoms in total. The van der Waals surface area contributed by atoms with E-state index in [1.165, 1.54) is 4.68 Å². The first-order chi connectivity index (χ1) is 10.8. The molecule has 0 unspecified atom stereocenters. The van der Waals surface area contributed by atoms with Gasteiger partial charge in [-0.1, -0.05) is 29.3 Å². The summed E-state index contributed by atoms with van der Waals surface area (Å²) in [5, 5.41) is 4.37. The molecule has 0 fully saturated rings. The molecule has 0 aliphatic heterocycles. The Morgan fingerprint density at radius 1 is 1.26 bits per heavy atom. The van der Waals surface area contributed by atoms with Gasteiger partial charge in [-0.25, -0.2) is 4.68 Å². The van der Waals surface area contributed by atoms with E-state index < -0.39 is 0 Å². The Bertz CT molecular complexity index is 715. The summed E-state index contributed by atoms with van der Waals surface area (Å²) in [6.45, 7) is 7.89. The Morgan fingerprint density at radius 2 is 1.96 bits per heavy atom. The van der Waals surface area contributed by atoms with E-state index in [-0.39, 0.29) is 12.5 Å². The monoisotopic (exact) mass is 442 g/mol. The molecule has 0 saturated heterocycles. The number of rotatable bonds is 5. The second-order valence-electron chi connectivity index (χ2n) is 5.53. The molecule has 6 heteroatoms. The zero-order valence-electron chi connectivity index (χ0n) is 13.7. The van der Waals surface area contributed by atoms with Crippen LogP contribution in [0, 0.1) is 20.8 Å². The minimum atomic E-state index is -0.165. The molecule has 1 aromatic heterocycles. The molecule has 0 aliphatic rings. The topological polar surface area (TPSA) is 44.1 Å². The highest BCUT2D eigenvalue weighted by molar-refractivity contribution is 9.11. The van der Waals surface area contributed by atoms with Gasteiger partial charge < -0.3 is 4.74 Å². The molecule has 0 radical (unpaired) electrons. The molecule has 0 N–H and O–H groups in total. The number of aryl methyl sites for hydroxylation is 2. The van der Waals surface area contributed by atoms with Crippen molar-refractivity contribution in [2.24, 2.45) is 0 Å². The van der Waals surface area contributed by atoms with Crippen LogP contribution >= 0.6 is 31.9 Å². The Morgan fingerprint density at radius 3 is 2.57 bits per heavy atom. The van der Waals surface area contributed by atoms with Gasteiger partial charge in [0.2, 0.25) is 0 Å². The molecule has 0 bridgehead atoms. The summed E-state index contributed by atoms with van der Waals surface area (Å²) in [5.41, 5.74) is 3.93. The fourth-order valence-corrected chi connectivity index (χ4v) is 4.15.